The van der Waals surface area contributed by atoms with Gasteiger partial charge in [-0.2, -0.15) is 0 Å². The Labute approximate surface area is 119 Å². The van der Waals surface area contributed by atoms with Crippen LogP contribution in [-0.2, 0) is 6.42 Å². The first-order chi connectivity index (χ1) is 9.74. The van der Waals surface area contributed by atoms with E-state index < -0.39 is 6.10 Å². The van der Waals surface area contributed by atoms with Gasteiger partial charge in [-0.25, -0.2) is 0 Å². The number of ether oxygens (including phenoxy) is 2. The second-order valence-electron chi connectivity index (χ2n) is 4.52. The summed E-state index contributed by atoms with van der Waals surface area (Å²) in [6.45, 7) is 0. The van der Waals surface area contributed by atoms with Crippen LogP contribution in [0.15, 0.2) is 42.7 Å². The number of aromatic nitrogens is 1. The SMILES string of the molecule is COc1ccc(OC)c(C(O)CCc2ccncc2)c1. The van der Waals surface area contributed by atoms with E-state index >= 15 is 0 Å². The van der Waals surface area contributed by atoms with E-state index in [0.29, 0.717) is 17.9 Å². The molecule has 1 unspecified atom stereocenters. The van der Waals surface area contributed by atoms with Gasteiger partial charge in [-0.15, -0.1) is 0 Å². The fourth-order valence-corrected chi connectivity index (χ4v) is 2.11. The molecule has 0 amide bonds. The Kier molecular flexibility index (Phi) is 4.96. The summed E-state index contributed by atoms with van der Waals surface area (Å²) >= 11 is 0. The molecule has 106 valence electrons. The van der Waals surface area contributed by atoms with Gasteiger partial charge in [0.1, 0.15) is 11.5 Å². The van der Waals surface area contributed by atoms with Crippen LogP contribution in [0.3, 0.4) is 0 Å². The molecule has 0 aliphatic heterocycles. The molecule has 0 saturated carbocycles. The lowest BCUT2D eigenvalue weighted by molar-refractivity contribution is 0.163. The van der Waals surface area contributed by atoms with Crippen LogP contribution in [-0.4, -0.2) is 24.3 Å². The fourth-order valence-electron chi connectivity index (χ4n) is 2.11. The second kappa shape index (κ2) is 6.91. The van der Waals surface area contributed by atoms with E-state index in [-0.39, 0.29) is 0 Å². The largest absolute Gasteiger partial charge is 0.497 e. The molecule has 0 spiro atoms. The minimum atomic E-state index is -0.590. The molecule has 0 radical (unpaired) electrons. The van der Waals surface area contributed by atoms with Gasteiger partial charge >= 0.3 is 0 Å². The van der Waals surface area contributed by atoms with Crippen molar-refractivity contribution in [2.24, 2.45) is 0 Å². The Balaban J connectivity index is 2.09. The van der Waals surface area contributed by atoms with Crippen molar-refractivity contribution in [3.05, 3.63) is 53.9 Å². The van der Waals surface area contributed by atoms with E-state index in [1.165, 1.54) is 0 Å². The van der Waals surface area contributed by atoms with E-state index in [2.05, 4.69) is 4.98 Å². The number of benzene rings is 1. The van der Waals surface area contributed by atoms with Gasteiger partial charge in [0.15, 0.2) is 0 Å². The molecule has 0 saturated heterocycles. The van der Waals surface area contributed by atoms with Crippen molar-refractivity contribution >= 4 is 0 Å². The number of rotatable bonds is 6. The summed E-state index contributed by atoms with van der Waals surface area (Å²) in [6, 6.07) is 9.35. The summed E-state index contributed by atoms with van der Waals surface area (Å²) in [7, 11) is 3.20. The molecule has 4 nitrogen and oxygen atoms in total. The number of aryl methyl sites for hydroxylation is 1. The standard InChI is InChI=1S/C16H19NO3/c1-19-13-4-6-16(20-2)14(11-13)15(18)5-3-12-7-9-17-10-8-12/h4,6-11,15,18H,3,5H2,1-2H3. The van der Waals surface area contributed by atoms with Crippen molar-refractivity contribution < 1.29 is 14.6 Å². The number of methoxy groups -OCH3 is 2. The van der Waals surface area contributed by atoms with Crippen molar-refractivity contribution in [1.82, 2.24) is 4.98 Å². The van der Waals surface area contributed by atoms with Crippen LogP contribution in [0.4, 0.5) is 0 Å². The summed E-state index contributed by atoms with van der Waals surface area (Å²) in [5, 5.41) is 10.4. The van der Waals surface area contributed by atoms with E-state index in [1.54, 1.807) is 26.6 Å². The maximum absolute atomic E-state index is 10.4. The Morgan fingerprint density at radius 2 is 1.85 bits per heavy atom. The van der Waals surface area contributed by atoms with Crippen molar-refractivity contribution in [3.8, 4) is 11.5 Å². The molecule has 2 rings (SSSR count). The summed E-state index contributed by atoms with van der Waals surface area (Å²) in [5.74, 6) is 1.39. The molecule has 0 aliphatic carbocycles. The van der Waals surface area contributed by atoms with E-state index in [1.807, 2.05) is 30.3 Å². The van der Waals surface area contributed by atoms with Crippen LogP contribution in [0, 0.1) is 0 Å². The Morgan fingerprint density at radius 3 is 2.50 bits per heavy atom. The van der Waals surface area contributed by atoms with Crippen LogP contribution in [0.25, 0.3) is 0 Å². The molecule has 0 bridgehead atoms. The number of hydrogen-bond donors (Lipinski definition) is 1. The number of pyridine rings is 1. The minimum absolute atomic E-state index is 0.590. The predicted octanol–water partition coefficient (Wildman–Crippen LogP) is 2.77. The summed E-state index contributed by atoms with van der Waals surface area (Å²) in [5.41, 5.74) is 1.90. The number of hydrogen-bond acceptors (Lipinski definition) is 4. The third kappa shape index (κ3) is 3.48. The molecule has 1 N–H and O–H groups in total. The van der Waals surface area contributed by atoms with Crippen LogP contribution in [0.1, 0.15) is 23.7 Å². The third-order valence-corrected chi connectivity index (χ3v) is 3.25. The summed E-state index contributed by atoms with van der Waals surface area (Å²) < 4.78 is 10.5. The smallest absolute Gasteiger partial charge is 0.124 e. The predicted molar refractivity (Wildman–Crippen MR) is 77.1 cm³/mol. The quantitative estimate of drug-likeness (QED) is 0.879. The van der Waals surface area contributed by atoms with Gasteiger partial charge in [0.2, 0.25) is 0 Å². The Hall–Kier alpha value is -2.07. The second-order valence-corrected chi connectivity index (χ2v) is 4.52. The van der Waals surface area contributed by atoms with Gasteiger partial charge in [0.25, 0.3) is 0 Å². The van der Waals surface area contributed by atoms with Crippen molar-refractivity contribution in [1.29, 1.82) is 0 Å². The van der Waals surface area contributed by atoms with Gasteiger partial charge in [0.05, 0.1) is 20.3 Å². The molecule has 0 aliphatic rings. The Morgan fingerprint density at radius 1 is 1.10 bits per heavy atom. The first-order valence-electron chi connectivity index (χ1n) is 6.53. The molecule has 1 aromatic carbocycles. The van der Waals surface area contributed by atoms with Gasteiger partial charge in [-0.3, -0.25) is 4.98 Å². The lowest BCUT2D eigenvalue weighted by Gasteiger charge is -2.16. The van der Waals surface area contributed by atoms with Crippen LogP contribution < -0.4 is 9.47 Å². The van der Waals surface area contributed by atoms with Gasteiger partial charge in [0, 0.05) is 18.0 Å². The molecule has 1 atom stereocenters. The molecule has 2 aromatic rings. The summed E-state index contributed by atoms with van der Waals surface area (Å²) in [4.78, 5) is 3.98. The van der Waals surface area contributed by atoms with Crippen molar-refractivity contribution in [2.45, 2.75) is 18.9 Å². The highest BCUT2D eigenvalue weighted by molar-refractivity contribution is 5.41. The summed E-state index contributed by atoms with van der Waals surface area (Å²) in [6.07, 6.45) is 4.33. The fraction of sp³-hybridized carbons (Fsp3) is 0.312. The number of aliphatic hydroxyl groups excluding tert-OH is 1. The maximum atomic E-state index is 10.4. The Bertz CT molecular complexity index is 543. The highest BCUT2D eigenvalue weighted by Gasteiger charge is 2.14. The normalized spacial score (nSPS) is 11.9. The number of nitrogens with zero attached hydrogens (tertiary/aromatic N) is 1. The molecule has 0 fully saturated rings. The lowest BCUT2D eigenvalue weighted by atomic mass is 10.0. The topological polar surface area (TPSA) is 51.6 Å². The van der Waals surface area contributed by atoms with Crippen LogP contribution in [0.5, 0.6) is 11.5 Å². The van der Waals surface area contributed by atoms with Gasteiger partial charge < -0.3 is 14.6 Å². The molecule has 4 heteroatoms. The zero-order chi connectivity index (χ0) is 14.4. The van der Waals surface area contributed by atoms with Crippen molar-refractivity contribution in [3.63, 3.8) is 0 Å². The zero-order valence-electron chi connectivity index (χ0n) is 11.7. The van der Waals surface area contributed by atoms with Crippen LogP contribution in [0.2, 0.25) is 0 Å². The lowest BCUT2D eigenvalue weighted by Crippen LogP contribution is -2.03. The first kappa shape index (κ1) is 14.3. The average molecular weight is 273 g/mol. The molecule has 20 heavy (non-hydrogen) atoms. The van der Waals surface area contributed by atoms with E-state index in [4.69, 9.17) is 9.47 Å². The van der Waals surface area contributed by atoms with E-state index in [9.17, 15) is 5.11 Å². The maximum Gasteiger partial charge on any atom is 0.124 e. The van der Waals surface area contributed by atoms with Crippen molar-refractivity contribution in [2.75, 3.05) is 14.2 Å². The monoisotopic (exact) mass is 273 g/mol. The average Bonchev–Trinajstić information content (AvgIpc) is 2.52. The van der Waals surface area contributed by atoms with Gasteiger partial charge in [-0.05, 0) is 48.7 Å². The first-order valence-corrected chi connectivity index (χ1v) is 6.53. The number of aliphatic hydroxyl groups is 1. The molecule has 1 heterocycles. The highest BCUT2D eigenvalue weighted by Crippen LogP contribution is 2.31. The minimum Gasteiger partial charge on any atom is -0.497 e. The molecular weight excluding hydrogens is 254 g/mol. The van der Waals surface area contributed by atoms with Gasteiger partial charge in [-0.1, -0.05) is 0 Å². The van der Waals surface area contributed by atoms with E-state index in [0.717, 1.165) is 17.5 Å². The molecular formula is C16H19NO3. The zero-order valence-corrected chi connectivity index (χ0v) is 11.7. The highest BCUT2D eigenvalue weighted by atomic mass is 16.5. The molecule has 1 aromatic heterocycles. The van der Waals surface area contributed by atoms with Crippen LogP contribution >= 0.6 is 0 Å². The third-order valence-electron chi connectivity index (χ3n) is 3.25.